The van der Waals surface area contributed by atoms with Crippen LogP contribution in [0.15, 0.2) is 24.3 Å². The van der Waals surface area contributed by atoms with Crippen LogP contribution < -0.4 is 4.74 Å². The number of carbonyl (C=O) groups is 1. The molecule has 1 N–H and O–H groups in total. The monoisotopic (exact) mass is 219 g/mol. The molecule has 4 heteroatoms. The van der Waals surface area contributed by atoms with E-state index in [1.54, 1.807) is 24.3 Å². The van der Waals surface area contributed by atoms with Gasteiger partial charge in [0.25, 0.3) is 0 Å². The lowest BCUT2D eigenvalue weighted by Gasteiger charge is -2.10. The van der Waals surface area contributed by atoms with Crippen LogP contribution >= 0.6 is 0 Å². The molecule has 0 aliphatic heterocycles. The summed E-state index contributed by atoms with van der Waals surface area (Å²) in [5.74, 6) is -0.350. The first-order chi connectivity index (χ1) is 7.65. The Kier molecular flexibility index (Phi) is 4.34. The van der Waals surface area contributed by atoms with Gasteiger partial charge in [-0.25, -0.2) is 0 Å². The molecule has 0 amide bonds. The highest BCUT2D eigenvalue weighted by atomic mass is 16.5. The molecule has 1 unspecified atom stereocenters. The molecule has 0 saturated carbocycles. The Morgan fingerprint density at radius 1 is 1.62 bits per heavy atom. The second kappa shape index (κ2) is 5.76. The van der Waals surface area contributed by atoms with Gasteiger partial charge in [-0.05, 0) is 24.1 Å². The van der Waals surface area contributed by atoms with Crippen LogP contribution in [0.3, 0.4) is 0 Å². The van der Waals surface area contributed by atoms with Gasteiger partial charge >= 0.3 is 5.97 Å². The van der Waals surface area contributed by atoms with E-state index in [0.717, 1.165) is 0 Å². The van der Waals surface area contributed by atoms with Gasteiger partial charge in [-0.3, -0.25) is 4.79 Å². The highest BCUT2D eigenvalue weighted by molar-refractivity contribution is 5.70. The van der Waals surface area contributed by atoms with Gasteiger partial charge in [0.15, 0.2) is 6.10 Å². The summed E-state index contributed by atoms with van der Waals surface area (Å²) in [6.45, 7) is 1.86. The van der Waals surface area contributed by atoms with E-state index in [2.05, 4.69) is 0 Å². The van der Waals surface area contributed by atoms with Gasteiger partial charge in [-0.1, -0.05) is 19.1 Å². The minimum Gasteiger partial charge on any atom is -0.481 e. The summed E-state index contributed by atoms with van der Waals surface area (Å²) in [6, 6.07) is 8.82. The second-order valence-corrected chi connectivity index (χ2v) is 3.36. The van der Waals surface area contributed by atoms with Crippen molar-refractivity contribution < 1.29 is 14.6 Å². The van der Waals surface area contributed by atoms with E-state index in [9.17, 15) is 4.79 Å². The lowest BCUT2D eigenvalue weighted by atomic mass is 10.1. The molecule has 1 rings (SSSR count). The Morgan fingerprint density at radius 2 is 2.38 bits per heavy atom. The number of carboxylic acids is 1. The van der Waals surface area contributed by atoms with Crippen molar-refractivity contribution in [1.29, 1.82) is 5.26 Å². The number of benzene rings is 1. The third-order valence-electron chi connectivity index (χ3n) is 2.05. The number of hydrogen-bond donors (Lipinski definition) is 1. The van der Waals surface area contributed by atoms with Gasteiger partial charge in [-0.2, -0.15) is 5.26 Å². The highest BCUT2D eigenvalue weighted by Gasteiger charge is 2.07. The molecule has 16 heavy (non-hydrogen) atoms. The average Bonchev–Trinajstić information content (AvgIpc) is 2.25. The molecule has 1 aromatic carbocycles. The number of nitrogens with zero attached hydrogens (tertiary/aromatic N) is 1. The SMILES string of the molecule is CCC(C#N)Oc1cccc(CC(=O)O)c1. The molecule has 0 radical (unpaired) electrons. The fourth-order valence-corrected chi connectivity index (χ4v) is 1.27. The van der Waals surface area contributed by atoms with Crippen LogP contribution in [0.5, 0.6) is 5.75 Å². The zero-order valence-corrected chi connectivity index (χ0v) is 9.01. The molecule has 0 aromatic heterocycles. The first-order valence-electron chi connectivity index (χ1n) is 5.02. The molecule has 1 atom stereocenters. The molecule has 84 valence electrons. The molecule has 0 fully saturated rings. The predicted octanol–water partition coefficient (Wildman–Crippen LogP) is 1.99. The molecular weight excluding hydrogens is 206 g/mol. The third-order valence-corrected chi connectivity index (χ3v) is 2.05. The van der Waals surface area contributed by atoms with Crippen molar-refractivity contribution in [3.63, 3.8) is 0 Å². The number of aliphatic carboxylic acids is 1. The molecule has 0 heterocycles. The van der Waals surface area contributed by atoms with E-state index < -0.39 is 12.1 Å². The van der Waals surface area contributed by atoms with Crippen molar-refractivity contribution >= 4 is 5.97 Å². The molecule has 0 aliphatic rings. The van der Waals surface area contributed by atoms with E-state index in [1.807, 2.05) is 13.0 Å². The maximum atomic E-state index is 10.5. The fraction of sp³-hybridized carbons (Fsp3) is 0.333. The quantitative estimate of drug-likeness (QED) is 0.822. The maximum Gasteiger partial charge on any atom is 0.307 e. The molecule has 0 saturated heterocycles. The van der Waals surface area contributed by atoms with E-state index in [0.29, 0.717) is 17.7 Å². The number of ether oxygens (including phenoxy) is 1. The van der Waals surface area contributed by atoms with Crippen molar-refractivity contribution in [1.82, 2.24) is 0 Å². The van der Waals surface area contributed by atoms with Crippen LogP contribution in [-0.2, 0) is 11.2 Å². The molecule has 4 nitrogen and oxygen atoms in total. The molecule has 0 aliphatic carbocycles. The van der Waals surface area contributed by atoms with Crippen molar-refractivity contribution in [3.05, 3.63) is 29.8 Å². The minimum absolute atomic E-state index is 0.0411. The fourth-order valence-electron chi connectivity index (χ4n) is 1.27. The Bertz CT molecular complexity index is 409. The van der Waals surface area contributed by atoms with Crippen LogP contribution in [0.1, 0.15) is 18.9 Å². The summed E-state index contributed by atoms with van der Waals surface area (Å²) in [6.07, 6.45) is 0.0697. The first-order valence-corrected chi connectivity index (χ1v) is 5.02. The average molecular weight is 219 g/mol. The van der Waals surface area contributed by atoms with Crippen molar-refractivity contribution in [2.45, 2.75) is 25.9 Å². The van der Waals surface area contributed by atoms with Crippen molar-refractivity contribution in [2.24, 2.45) is 0 Å². The number of hydrogen-bond acceptors (Lipinski definition) is 3. The van der Waals surface area contributed by atoms with Gasteiger partial charge in [0, 0.05) is 0 Å². The van der Waals surface area contributed by atoms with E-state index in [4.69, 9.17) is 15.1 Å². The Labute approximate surface area is 94.1 Å². The normalized spacial score (nSPS) is 11.5. The summed E-state index contributed by atoms with van der Waals surface area (Å²) in [5.41, 5.74) is 0.665. The number of carboxylic acid groups (broad SMARTS) is 1. The summed E-state index contributed by atoms with van der Waals surface area (Å²) in [4.78, 5) is 10.5. The summed E-state index contributed by atoms with van der Waals surface area (Å²) in [5, 5.41) is 17.4. The summed E-state index contributed by atoms with van der Waals surface area (Å²) >= 11 is 0. The zero-order valence-electron chi connectivity index (χ0n) is 9.01. The van der Waals surface area contributed by atoms with Crippen molar-refractivity contribution in [3.8, 4) is 11.8 Å². The molecule has 0 spiro atoms. The van der Waals surface area contributed by atoms with Gasteiger partial charge in [0.1, 0.15) is 11.8 Å². The summed E-state index contributed by atoms with van der Waals surface area (Å²) in [7, 11) is 0. The van der Waals surface area contributed by atoms with Gasteiger partial charge in [-0.15, -0.1) is 0 Å². The Balaban J connectivity index is 2.74. The van der Waals surface area contributed by atoms with Gasteiger partial charge in [0.2, 0.25) is 0 Å². The van der Waals surface area contributed by atoms with Crippen LogP contribution in [0.2, 0.25) is 0 Å². The molecule has 0 bridgehead atoms. The van der Waals surface area contributed by atoms with E-state index in [1.165, 1.54) is 0 Å². The van der Waals surface area contributed by atoms with E-state index in [-0.39, 0.29) is 6.42 Å². The molecular formula is C12H13NO3. The highest BCUT2D eigenvalue weighted by Crippen LogP contribution is 2.16. The standard InChI is InChI=1S/C12H13NO3/c1-2-10(8-13)16-11-5-3-4-9(6-11)7-12(14)15/h3-6,10H,2,7H2,1H3,(H,14,15). The second-order valence-electron chi connectivity index (χ2n) is 3.36. The number of nitriles is 1. The van der Waals surface area contributed by atoms with Gasteiger partial charge in [0.05, 0.1) is 6.42 Å². The van der Waals surface area contributed by atoms with E-state index >= 15 is 0 Å². The maximum absolute atomic E-state index is 10.5. The predicted molar refractivity (Wildman–Crippen MR) is 58.1 cm³/mol. The smallest absolute Gasteiger partial charge is 0.307 e. The van der Waals surface area contributed by atoms with Crippen molar-refractivity contribution in [2.75, 3.05) is 0 Å². The third kappa shape index (κ3) is 3.62. The molecule has 1 aromatic rings. The largest absolute Gasteiger partial charge is 0.481 e. The van der Waals surface area contributed by atoms with Crippen LogP contribution in [0.4, 0.5) is 0 Å². The van der Waals surface area contributed by atoms with Crippen LogP contribution in [-0.4, -0.2) is 17.2 Å². The number of rotatable bonds is 5. The lowest BCUT2D eigenvalue weighted by molar-refractivity contribution is -0.136. The summed E-state index contributed by atoms with van der Waals surface area (Å²) < 4.78 is 5.38. The van der Waals surface area contributed by atoms with Crippen LogP contribution in [0, 0.1) is 11.3 Å². The Hall–Kier alpha value is -2.02. The minimum atomic E-state index is -0.885. The first kappa shape index (κ1) is 12.1. The Morgan fingerprint density at radius 3 is 2.94 bits per heavy atom. The zero-order chi connectivity index (χ0) is 12.0. The topological polar surface area (TPSA) is 70.3 Å². The van der Waals surface area contributed by atoms with Crippen LogP contribution in [0.25, 0.3) is 0 Å². The lowest BCUT2D eigenvalue weighted by Crippen LogP contribution is -2.12. The van der Waals surface area contributed by atoms with Gasteiger partial charge < -0.3 is 9.84 Å².